The third kappa shape index (κ3) is 18.1. The van der Waals surface area contributed by atoms with E-state index in [0.717, 1.165) is 38.5 Å². The van der Waals surface area contributed by atoms with E-state index in [1.807, 2.05) is 0 Å². The maximum Gasteiger partial charge on any atom is 0.410 e. The van der Waals surface area contributed by atoms with Gasteiger partial charge in [0.15, 0.2) is 0 Å². The van der Waals surface area contributed by atoms with Crippen molar-refractivity contribution in [3.63, 3.8) is 0 Å². The van der Waals surface area contributed by atoms with E-state index < -0.39 is 12.1 Å². The number of hydrogen-bond acceptors (Lipinski definition) is 4. The van der Waals surface area contributed by atoms with Crippen LogP contribution in [-0.4, -0.2) is 43.3 Å². The SMILES string of the molecule is CCCCCCCCCCCCCCCCOC(=O)C(C)N(C)C(=O)OCC(CC)CCCC. The molecule has 0 aromatic heterocycles. The van der Waals surface area contributed by atoms with Crippen LogP contribution in [0.3, 0.4) is 0 Å². The van der Waals surface area contributed by atoms with Crippen LogP contribution in [0.1, 0.15) is 143 Å². The van der Waals surface area contributed by atoms with Crippen LogP contribution in [0.4, 0.5) is 4.79 Å². The van der Waals surface area contributed by atoms with E-state index in [1.165, 1.54) is 81.9 Å². The van der Waals surface area contributed by atoms with Gasteiger partial charge in [-0.2, -0.15) is 0 Å². The normalized spacial score (nSPS) is 12.9. The van der Waals surface area contributed by atoms with E-state index in [1.54, 1.807) is 14.0 Å². The average molecular weight is 484 g/mol. The minimum Gasteiger partial charge on any atom is -0.464 e. The van der Waals surface area contributed by atoms with Gasteiger partial charge in [0.2, 0.25) is 0 Å². The Morgan fingerprint density at radius 1 is 0.676 bits per heavy atom. The second kappa shape index (κ2) is 23.5. The van der Waals surface area contributed by atoms with Crippen molar-refractivity contribution in [2.45, 2.75) is 149 Å². The lowest BCUT2D eigenvalue weighted by molar-refractivity contribution is -0.148. The molecule has 0 aliphatic rings. The third-order valence-corrected chi connectivity index (χ3v) is 6.94. The van der Waals surface area contributed by atoms with Gasteiger partial charge in [-0.05, 0) is 25.7 Å². The van der Waals surface area contributed by atoms with Gasteiger partial charge >= 0.3 is 12.1 Å². The van der Waals surface area contributed by atoms with Crippen LogP contribution < -0.4 is 0 Å². The summed E-state index contributed by atoms with van der Waals surface area (Å²) in [6, 6.07) is -0.630. The number of hydrogen-bond donors (Lipinski definition) is 0. The number of ether oxygens (including phenoxy) is 2. The van der Waals surface area contributed by atoms with E-state index in [4.69, 9.17) is 9.47 Å². The number of carbonyl (C=O) groups excluding carboxylic acids is 2. The van der Waals surface area contributed by atoms with Crippen LogP contribution in [0.5, 0.6) is 0 Å². The van der Waals surface area contributed by atoms with Crippen LogP contribution in [0, 0.1) is 5.92 Å². The molecule has 0 bridgehead atoms. The van der Waals surface area contributed by atoms with E-state index in [-0.39, 0.29) is 5.97 Å². The Labute approximate surface area is 211 Å². The van der Waals surface area contributed by atoms with Crippen molar-refractivity contribution < 1.29 is 19.1 Å². The number of amides is 1. The molecule has 1 amide bonds. The van der Waals surface area contributed by atoms with Gasteiger partial charge in [-0.1, -0.05) is 124 Å². The van der Waals surface area contributed by atoms with Crippen LogP contribution >= 0.6 is 0 Å². The van der Waals surface area contributed by atoms with Crippen molar-refractivity contribution in [3.8, 4) is 0 Å². The Bertz CT molecular complexity index is 483. The monoisotopic (exact) mass is 483 g/mol. The molecule has 0 spiro atoms. The van der Waals surface area contributed by atoms with Crippen LogP contribution in [0.2, 0.25) is 0 Å². The lowest BCUT2D eigenvalue weighted by Crippen LogP contribution is -2.42. The number of carbonyl (C=O) groups is 2. The molecule has 0 radical (unpaired) electrons. The predicted molar refractivity (Wildman–Crippen MR) is 143 cm³/mol. The molecule has 0 heterocycles. The topological polar surface area (TPSA) is 55.8 Å². The molecule has 202 valence electrons. The summed E-state index contributed by atoms with van der Waals surface area (Å²) in [5.41, 5.74) is 0. The number of esters is 1. The first-order chi connectivity index (χ1) is 16.5. The van der Waals surface area contributed by atoms with Gasteiger partial charge in [0.1, 0.15) is 6.04 Å². The van der Waals surface area contributed by atoms with Crippen molar-refractivity contribution in [1.29, 1.82) is 0 Å². The highest BCUT2D eigenvalue weighted by atomic mass is 16.6. The van der Waals surface area contributed by atoms with Gasteiger partial charge in [0.05, 0.1) is 13.2 Å². The zero-order valence-corrected chi connectivity index (χ0v) is 23.4. The van der Waals surface area contributed by atoms with E-state index in [0.29, 0.717) is 19.1 Å². The van der Waals surface area contributed by atoms with Crippen molar-refractivity contribution in [3.05, 3.63) is 0 Å². The van der Waals surface area contributed by atoms with Gasteiger partial charge in [0.25, 0.3) is 0 Å². The van der Waals surface area contributed by atoms with Crippen molar-refractivity contribution >= 4 is 12.1 Å². The number of rotatable bonds is 23. The maximum atomic E-state index is 12.3. The maximum absolute atomic E-state index is 12.3. The molecular formula is C29H57NO4. The molecule has 0 N–H and O–H groups in total. The standard InChI is InChI=1S/C29H57NO4/c1-6-9-11-12-13-14-15-16-17-18-19-20-21-22-24-33-28(31)26(4)30(5)29(32)34-25-27(8-3)23-10-7-2/h26-27H,6-25H2,1-5H3. The molecule has 0 saturated heterocycles. The summed E-state index contributed by atoms with van der Waals surface area (Å²) < 4.78 is 10.8. The minimum atomic E-state index is -0.630. The van der Waals surface area contributed by atoms with Crippen molar-refractivity contribution in [2.24, 2.45) is 5.92 Å². The van der Waals surface area contributed by atoms with Gasteiger partial charge < -0.3 is 9.47 Å². The fraction of sp³-hybridized carbons (Fsp3) is 0.931. The van der Waals surface area contributed by atoms with Gasteiger partial charge in [-0.25, -0.2) is 9.59 Å². The molecule has 0 aromatic rings. The van der Waals surface area contributed by atoms with Crippen molar-refractivity contribution in [2.75, 3.05) is 20.3 Å². The van der Waals surface area contributed by atoms with Crippen molar-refractivity contribution in [1.82, 2.24) is 4.90 Å². The summed E-state index contributed by atoms with van der Waals surface area (Å²) in [7, 11) is 1.60. The summed E-state index contributed by atoms with van der Waals surface area (Å²) in [4.78, 5) is 25.9. The Hall–Kier alpha value is -1.26. The Balaban J connectivity index is 3.70. The summed E-state index contributed by atoms with van der Waals surface area (Å²) in [5.74, 6) is 0.0343. The lowest BCUT2D eigenvalue weighted by atomic mass is 10.0. The van der Waals surface area contributed by atoms with Gasteiger partial charge in [-0.15, -0.1) is 0 Å². The smallest absolute Gasteiger partial charge is 0.410 e. The highest BCUT2D eigenvalue weighted by molar-refractivity contribution is 5.80. The Morgan fingerprint density at radius 3 is 1.62 bits per heavy atom. The van der Waals surface area contributed by atoms with Gasteiger partial charge in [0, 0.05) is 7.05 Å². The van der Waals surface area contributed by atoms with Crippen LogP contribution in [0.15, 0.2) is 0 Å². The predicted octanol–water partition coefficient (Wildman–Crippen LogP) is 8.68. The molecule has 0 saturated carbocycles. The Morgan fingerprint density at radius 2 is 1.15 bits per heavy atom. The van der Waals surface area contributed by atoms with Crippen LogP contribution in [0.25, 0.3) is 0 Å². The summed E-state index contributed by atoms with van der Waals surface area (Å²) >= 11 is 0. The minimum absolute atomic E-state index is 0.354. The first-order valence-electron chi connectivity index (χ1n) is 14.5. The van der Waals surface area contributed by atoms with E-state index in [2.05, 4.69) is 20.8 Å². The highest BCUT2D eigenvalue weighted by Gasteiger charge is 2.25. The van der Waals surface area contributed by atoms with E-state index in [9.17, 15) is 9.59 Å². The van der Waals surface area contributed by atoms with E-state index >= 15 is 0 Å². The highest BCUT2D eigenvalue weighted by Crippen LogP contribution is 2.15. The lowest BCUT2D eigenvalue weighted by Gasteiger charge is -2.24. The fourth-order valence-corrected chi connectivity index (χ4v) is 4.10. The molecule has 0 fully saturated rings. The van der Waals surface area contributed by atoms with Gasteiger partial charge in [-0.3, -0.25) is 4.90 Å². The molecule has 0 rings (SSSR count). The molecule has 34 heavy (non-hydrogen) atoms. The first-order valence-corrected chi connectivity index (χ1v) is 14.5. The molecule has 2 unspecified atom stereocenters. The summed E-state index contributed by atoms with van der Waals surface area (Å²) in [5, 5.41) is 0. The zero-order valence-electron chi connectivity index (χ0n) is 23.4. The molecule has 0 aromatic carbocycles. The number of nitrogens with zero attached hydrogens (tertiary/aromatic N) is 1. The first kappa shape index (κ1) is 32.7. The number of unbranched alkanes of at least 4 members (excludes halogenated alkanes) is 14. The second-order valence-electron chi connectivity index (χ2n) is 10.0. The third-order valence-electron chi connectivity index (χ3n) is 6.94. The molecule has 0 aliphatic carbocycles. The zero-order chi connectivity index (χ0) is 25.4. The molecule has 0 aliphatic heterocycles. The quantitative estimate of drug-likeness (QED) is 0.108. The molecule has 5 nitrogen and oxygen atoms in total. The van der Waals surface area contributed by atoms with Crippen LogP contribution in [-0.2, 0) is 14.3 Å². The summed E-state index contributed by atoms with van der Waals surface area (Å²) in [6.45, 7) is 9.10. The molecular weight excluding hydrogens is 426 g/mol. The average Bonchev–Trinajstić information content (AvgIpc) is 2.85. The molecule has 2 atom stereocenters. The fourth-order valence-electron chi connectivity index (χ4n) is 4.10. The largest absolute Gasteiger partial charge is 0.464 e. The Kier molecular flexibility index (Phi) is 22.6. The second-order valence-corrected chi connectivity index (χ2v) is 10.0. The number of likely N-dealkylation sites (N-methyl/N-ethyl adjacent to an activating group) is 1. The molecule has 5 heteroatoms. The summed E-state index contributed by atoms with van der Waals surface area (Å²) in [6.07, 6.45) is 22.1.